The van der Waals surface area contributed by atoms with Crippen molar-refractivity contribution in [1.82, 2.24) is 5.32 Å². The molecule has 0 heterocycles. The molecule has 5 nitrogen and oxygen atoms in total. The summed E-state index contributed by atoms with van der Waals surface area (Å²) in [5, 5.41) is 2.06. The fourth-order valence-electron chi connectivity index (χ4n) is 0.906. The molecule has 0 aromatic heterocycles. The van der Waals surface area contributed by atoms with E-state index in [1.165, 1.54) is 6.26 Å². The number of amides is 1. The van der Waals surface area contributed by atoms with Gasteiger partial charge >= 0.3 is 6.09 Å². The molecule has 0 radical (unpaired) electrons. The lowest BCUT2D eigenvalue weighted by molar-refractivity contribution is 0.0527. The fraction of sp³-hybridized carbons (Fsp3) is 0.900. The molecule has 1 atom stereocenters. The Labute approximate surface area is 97.5 Å². The summed E-state index contributed by atoms with van der Waals surface area (Å²) in [7, 11) is -3.03. The van der Waals surface area contributed by atoms with Gasteiger partial charge in [0.05, 0.1) is 5.25 Å². The third kappa shape index (κ3) is 7.50. The van der Waals surface area contributed by atoms with Crippen molar-refractivity contribution in [3.05, 3.63) is 0 Å². The van der Waals surface area contributed by atoms with Crippen LogP contribution in [0.1, 0.15) is 34.1 Å². The zero-order valence-electron chi connectivity index (χ0n) is 10.5. The van der Waals surface area contributed by atoms with Crippen LogP contribution < -0.4 is 5.32 Å². The van der Waals surface area contributed by atoms with Gasteiger partial charge in [0.2, 0.25) is 0 Å². The monoisotopic (exact) mass is 251 g/mol. The number of carbonyl (C=O) groups is 1. The highest BCUT2D eigenvalue weighted by molar-refractivity contribution is 7.91. The van der Waals surface area contributed by atoms with Gasteiger partial charge in [0.15, 0.2) is 0 Å². The van der Waals surface area contributed by atoms with E-state index in [-0.39, 0.29) is 0 Å². The lowest BCUT2D eigenvalue weighted by Crippen LogP contribution is -2.34. The van der Waals surface area contributed by atoms with Crippen molar-refractivity contribution in [3.8, 4) is 0 Å². The van der Waals surface area contributed by atoms with Crippen molar-refractivity contribution in [2.45, 2.75) is 45.0 Å². The molecule has 0 aliphatic rings. The molecule has 1 N–H and O–H groups in total. The van der Waals surface area contributed by atoms with E-state index in [2.05, 4.69) is 5.32 Å². The third-order valence-electron chi connectivity index (χ3n) is 1.95. The molecule has 0 saturated carbocycles. The second kappa shape index (κ2) is 5.52. The number of carbonyl (C=O) groups excluding carboxylic acids is 1. The maximum atomic E-state index is 11.2. The van der Waals surface area contributed by atoms with Crippen molar-refractivity contribution >= 4 is 15.9 Å². The highest BCUT2D eigenvalue weighted by Gasteiger charge is 2.17. The molecule has 96 valence electrons. The molecule has 0 aliphatic heterocycles. The zero-order valence-corrected chi connectivity index (χ0v) is 11.3. The Kier molecular flexibility index (Phi) is 5.25. The molecule has 1 amide bonds. The molecule has 0 aliphatic carbocycles. The minimum Gasteiger partial charge on any atom is -0.444 e. The summed E-state index contributed by atoms with van der Waals surface area (Å²) in [6.45, 7) is 7.22. The Balaban J connectivity index is 3.88. The van der Waals surface area contributed by atoms with Crippen molar-refractivity contribution in [2.75, 3.05) is 12.8 Å². The largest absolute Gasteiger partial charge is 0.444 e. The Hall–Kier alpha value is -0.780. The van der Waals surface area contributed by atoms with Crippen molar-refractivity contribution in [2.24, 2.45) is 0 Å². The zero-order chi connectivity index (χ0) is 13.0. The second-order valence-electron chi connectivity index (χ2n) is 4.86. The third-order valence-corrected chi connectivity index (χ3v) is 3.65. The van der Waals surface area contributed by atoms with Crippen LogP contribution in [0, 0.1) is 0 Å². The minimum atomic E-state index is -3.03. The van der Waals surface area contributed by atoms with E-state index in [0.717, 1.165) is 0 Å². The van der Waals surface area contributed by atoms with E-state index in [4.69, 9.17) is 4.74 Å². The molecule has 0 fully saturated rings. The van der Waals surface area contributed by atoms with Gasteiger partial charge in [-0.2, -0.15) is 0 Å². The van der Waals surface area contributed by atoms with Gasteiger partial charge in [-0.3, -0.25) is 0 Å². The molecular weight excluding hydrogens is 230 g/mol. The summed E-state index contributed by atoms with van der Waals surface area (Å²) in [6.07, 6.45) is 1.05. The molecule has 0 aromatic rings. The molecule has 0 saturated heterocycles. The van der Waals surface area contributed by atoms with Gasteiger partial charge in [0.1, 0.15) is 15.4 Å². The van der Waals surface area contributed by atoms with Crippen LogP contribution in [-0.4, -0.2) is 38.2 Å². The molecule has 16 heavy (non-hydrogen) atoms. The Morgan fingerprint density at radius 1 is 1.38 bits per heavy atom. The molecule has 0 rings (SSSR count). The summed E-state index contributed by atoms with van der Waals surface area (Å²) in [6, 6.07) is 0. The van der Waals surface area contributed by atoms with E-state index in [9.17, 15) is 13.2 Å². The lowest BCUT2D eigenvalue weighted by Gasteiger charge is -2.20. The Morgan fingerprint density at radius 2 is 1.88 bits per heavy atom. The Bertz CT molecular complexity index is 329. The number of ether oxygens (including phenoxy) is 1. The van der Waals surface area contributed by atoms with E-state index < -0.39 is 26.8 Å². The molecule has 0 bridgehead atoms. The summed E-state index contributed by atoms with van der Waals surface area (Å²) in [5.74, 6) is 0. The highest BCUT2D eigenvalue weighted by atomic mass is 32.2. The molecule has 0 spiro atoms. The van der Waals surface area contributed by atoms with Gasteiger partial charge in [-0.05, 0) is 34.1 Å². The van der Waals surface area contributed by atoms with Crippen LogP contribution in [0.2, 0.25) is 0 Å². The average molecular weight is 251 g/mol. The van der Waals surface area contributed by atoms with Gasteiger partial charge in [0, 0.05) is 12.8 Å². The number of nitrogens with one attached hydrogen (secondary N) is 1. The first-order chi connectivity index (χ1) is 7.02. The quantitative estimate of drug-likeness (QED) is 0.818. The number of alkyl carbamates (subject to hydrolysis) is 1. The van der Waals surface area contributed by atoms with Gasteiger partial charge in [-0.15, -0.1) is 0 Å². The SMILES string of the molecule is CC(CCNC(=O)OC(C)(C)C)S(C)(=O)=O. The molecule has 6 heteroatoms. The number of hydrogen-bond donors (Lipinski definition) is 1. The van der Waals surface area contributed by atoms with E-state index in [0.29, 0.717) is 13.0 Å². The summed E-state index contributed by atoms with van der Waals surface area (Å²) in [4.78, 5) is 11.2. The number of sulfone groups is 1. The van der Waals surface area contributed by atoms with E-state index in [1.807, 2.05) is 0 Å². The van der Waals surface area contributed by atoms with Gasteiger partial charge in [0.25, 0.3) is 0 Å². The maximum Gasteiger partial charge on any atom is 0.407 e. The van der Waals surface area contributed by atoms with Crippen LogP contribution in [0.25, 0.3) is 0 Å². The van der Waals surface area contributed by atoms with E-state index in [1.54, 1.807) is 27.7 Å². The van der Waals surface area contributed by atoms with Crippen LogP contribution in [0.3, 0.4) is 0 Å². The van der Waals surface area contributed by atoms with Crippen LogP contribution in [0.4, 0.5) is 4.79 Å². The first-order valence-corrected chi connectivity index (χ1v) is 7.13. The first-order valence-electron chi connectivity index (χ1n) is 5.18. The van der Waals surface area contributed by atoms with Gasteiger partial charge in [-0.25, -0.2) is 13.2 Å². The first kappa shape index (κ1) is 15.2. The van der Waals surface area contributed by atoms with Crippen molar-refractivity contribution in [3.63, 3.8) is 0 Å². The van der Waals surface area contributed by atoms with Gasteiger partial charge in [-0.1, -0.05) is 0 Å². The molecule has 0 aromatic carbocycles. The van der Waals surface area contributed by atoms with E-state index >= 15 is 0 Å². The smallest absolute Gasteiger partial charge is 0.407 e. The fourth-order valence-corrected chi connectivity index (χ4v) is 1.45. The Morgan fingerprint density at radius 3 is 2.25 bits per heavy atom. The average Bonchev–Trinajstić information content (AvgIpc) is 1.98. The minimum absolute atomic E-state index is 0.295. The van der Waals surface area contributed by atoms with Gasteiger partial charge < -0.3 is 10.1 Å². The number of hydrogen-bond acceptors (Lipinski definition) is 4. The van der Waals surface area contributed by atoms with Crippen LogP contribution in [-0.2, 0) is 14.6 Å². The second-order valence-corrected chi connectivity index (χ2v) is 7.32. The maximum absolute atomic E-state index is 11.2. The predicted octanol–water partition coefficient (Wildman–Crippen LogP) is 1.33. The normalized spacial score (nSPS) is 14.3. The summed E-state index contributed by atoms with van der Waals surface area (Å²) < 4.78 is 27.2. The van der Waals surface area contributed by atoms with Crippen molar-refractivity contribution in [1.29, 1.82) is 0 Å². The summed E-state index contributed by atoms with van der Waals surface area (Å²) in [5.41, 5.74) is -0.535. The highest BCUT2D eigenvalue weighted by Crippen LogP contribution is 2.07. The van der Waals surface area contributed by atoms with Crippen LogP contribution in [0.5, 0.6) is 0 Å². The molecular formula is C10H21NO4S. The standard InChI is InChI=1S/C10H21NO4S/c1-8(16(5,13)14)6-7-11-9(12)15-10(2,3)4/h8H,6-7H2,1-5H3,(H,11,12). The molecule has 1 unspecified atom stereocenters. The van der Waals surface area contributed by atoms with Crippen molar-refractivity contribution < 1.29 is 17.9 Å². The number of rotatable bonds is 4. The summed E-state index contributed by atoms with van der Waals surface area (Å²) >= 11 is 0. The predicted molar refractivity (Wildman–Crippen MR) is 63.2 cm³/mol. The lowest BCUT2D eigenvalue weighted by atomic mass is 10.2. The van der Waals surface area contributed by atoms with Crippen LogP contribution >= 0.6 is 0 Å². The van der Waals surface area contributed by atoms with Crippen LogP contribution in [0.15, 0.2) is 0 Å². The topological polar surface area (TPSA) is 72.5 Å².